The number of nitrogens with one attached hydrogen (secondary N) is 1. The molecule has 3 rings (SSSR count). The molecule has 1 heterocycles. The molecule has 0 unspecified atom stereocenters. The van der Waals surface area contributed by atoms with Crippen LogP contribution in [-0.2, 0) is 11.8 Å². The van der Waals surface area contributed by atoms with Crippen LogP contribution in [0.1, 0.15) is 0 Å². The second-order valence-electron chi connectivity index (χ2n) is 5.31. The molecule has 9 heteroatoms. The first-order valence-corrected chi connectivity index (χ1v) is 9.22. The van der Waals surface area contributed by atoms with E-state index in [4.69, 9.17) is 23.2 Å². The van der Waals surface area contributed by atoms with Crippen LogP contribution in [0, 0.1) is 5.82 Å². The van der Waals surface area contributed by atoms with Crippen LogP contribution in [0.3, 0.4) is 0 Å². The second-order valence-corrected chi connectivity index (χ2v) is 7.09. The number of benzene rings is 2. The fourth-order valence-electron chi connectivity index (χ4n) is 2.23. The molecule has 0 atom stereocenters. The highest BCUT2D eigenvalue weighted by atomic mass is 35.5. The Kier molecular flexibility index (Phi) is 5.80. The van der Waals surface area contributed by atoms with Crippen LogP contribution in [0.4, 0.5) is 10.1 Å². The van der Waals surface area contributed by atoms with Gasteiger partial charge >= 0.3 is 0 Å². The van der Waals surface area contributed by atoms with Crippen molar-refractivity contribution in [3.05, 3.63) is 58.3 Å². The molecular formula is C17H13Cl2FN4OS. The SMILES string of the molecule is Cn1c(SCC(=O)Nc2cc(Cl)ccc2Cl)nnc1-c1ccccc1F. The Morgan fingerprint density at radius 3 is 2.77 bits per heavy atom. The van der Waals surface area contributed by atoms with E-state index in [0.717, 1.165) is 0 Å². The number of rotatable bonds is 5. The Labute approximate surface area is 163 Å². The maximum Gasteiger partial charge on any atom is 0.234 e. The van der Waals surface area contributed by atoms with Crippen molar-refractivity contribution >= 4 is 46.6 Å². The summed E-state index contributed by atoms with van der Waals surface area (Å²) < 4.78 is 15.6. The molecule has 134 valence electrons. The van der Waals surface area contributed by atoms with E-state index in [1.807, 2.05) is 0 Å². The van der Waals surface area contributed by atoms with E-state index in [1.165, 1.54) is 17.8 Å². The van der Waals surface area contributed by atoms with Crippen molar-refractivity contribution in [1.29, 1.82) is 0 Å². The van der Waals surface area contributed by atoms with E-state index in [-0.39, 0.29) is 17.5 Å². The minimum atomic E-state index is -0.382. The second kappa shape index (κ2) is 8.07. The van der Waals surface area contributed by atoms with Crippen LogP contribution in [0.5, 0.6) is 0 Å². The highest BCUT2D eigenvalue weighted by Gasteiger charge is 2.16. The summed E-state index contributed by atoms with van der Waals surface area (Å²) in [6.07, 6.45) is 0. The topological polar surface area (TPSA) is 59.8 Å². The quantitative estimate of drug-likeness (QED) is 0.621. The third-order valence-electron chi connectivity index (χ3n) is 3.48. The predicted molar refractivity (Wildman–Crippen MR) is 102 cm³/mol. The van der Waals surface area contributed by atoms with Crippen LogP contribution >= 0.6 is 35.0 Å². The fraction of sp³-hybridized carbons (Fsp3) is 0.118. The third kappa shape index (κ3) is 4.17. The molecule has 5 nitrogen and oxygen atoms in total. The molecule has 0 bridgehead atoms. The predicted octanol–water partition coefficient (Wildman–Crippen LogP) is 4.66. The molecule has 26 heavy (non-hydrogen) atoms. The smallest absolute Gasteiger partial charge is 0.234 e. The minimum absolute atomic E-state index is 0.0894. The number of anilines is 1. The van der Waals surface area contributed by atoms with E-state index in [0.29, 0.717) is 32.3 Å². The highest BCUT2D eigenvalue weighted by Crippen LogP contribution is 2.27. The van der Waals surface area contributed by atoms with Gasteiger partial charge in [0.25, 0.3) is 0 Å². The zero-order valence-electron chi connectivity index (χ0n) is 13.5. The van der Waals surface area contributed by atoms with Gasteiger partial charge in [0.2, 0.25) is 5.91 Å². The Hall–Kier alpha value is -2.09. The largest absolute Gasteiger partial charge is 0.324 e. The van der Waals surface area contributed by atoms with Crippen molar-refractivity contribution in [2.24, 2.45) is 7.05 Å². The molecule has 0 aliphatic carbocycles. The van der Waals surface area contributed by atoms with E-state index in [2.05, 4.69) is 15.5 Å². The van der Waals surface area contributed by atoms with Gasteiger partial charge in [0.15, 0.2) is 11.0 Å². The van der Waals surface area contributed by atoms with Crippen molar-refractivity contribution < 1.29 is 9.18 Å². The van der Waals surface area contributed by atoms with Gasteiger partial charge in [0.1, 0.15) is 5.82 Å². The molecule has 0 saturated carbocycles. The minimum Gasteiger partial charge on any atom is -0.324 e. The zero-order chi connectivity index (χ0) is 18.7. The van der Waals surface area contributed by atoms with Crippen molar-refractivity contribution in [2.75, 3.05) is 11.1 Å². The number of carbonyl (C=O) groups is 1. The van der Waals surface area contributed by atoms with Crippen molar-refractivity contribution in [1.82, 2.24) is 14.8 Å². The molecule has 3 aromatic rings. The van der Waals surface area contributed by atoms with Gasteiger partial charge in [-0.1, -0.05) is 47.1 Å². The average molecular weight is 411 g/mol. The lowest BCUT2D eigenvalue weighted by atomic mass is 10.2. The summed E-state index contributed by atoms with van der Waals surface area (Å²) in [5.74, 6) is -0.169. The Morgan fingerprint density at radius 2 is 2.00 bits per heavy atom. The molecule has 2 aromatic carbocycles. The molecule has 1 amide bonds. The molecule has 0 aliphatic rings. The normalized spacial score (nSPS) is 10.8. The highest BCUT2D eigenvalue weighted by molar-refractivity contribution is 7.99. The van der Waals surface area contributed by atoms with Gasteiger partial charge in [-0.2, -0.15) is 0 Å². The molecular weight excluding hydrogens is 398 g/mol. The third-order valence-corrected chi connectivity index (χ3v) is 5.07. The summed E-state index contributed by atoms with van der Waals surface area (Å²) in [7, 11) is 1.72. The summed E-state index contributed by atoms with van der Waals surface area (Å²) in [6, 6.07) is 11.1. The monoisotopic (exact) mass is 410 g/mol. The maximum atomic E-state index is 13.9. The summed E-state index contributed by atoms with van der Waals surface area (Å²) in [4.78, 5) is 12.1. The maximum absolute atomic E-state index is 13.9. The fourth-order valence-corrected chi connectivity index (χ4v) is 3.28. The lowest BCUT2D eigenvalue weighted by Gasteiger charge is -2.08. The zero-order valence-corrected chi connectivity index (χ0v) is 15.9. The van der Waals surface area contributed by atoms with Crippen molar-refractivity contribution in [3.8, 4) is 11.4 Å². The van der Waals surface area contributed by atoms with Crippen LogP contribution in [0.2, 0.25) is 10.0 Å². The Balaban J connectivity index is 1.68. The average Bonchev–Trinajstić information content (AvgIpc) is 2.97. The first-order valence-electron chi connectivity index (χ1n) is 7.47. The lowest BCUT2D eigenvalue weighted by Crippen LogP contribution is -2.14. The molecule has 0 radical (unpaired) electrons. The van der Waals surface area contributed by atoms with Gasteiger partial charge in [-0.15, -0.1) is 10.2 Å². The van der Waals surface area contributed by atoms with E-state index in [1.54, 1.807) is 48.0 Å². The van der Waals surface area contributed by atoms with Crippen molar-refractivity contribution in [2.45, 2.75) is 5.16 Å². The molecule has 0 spiro atoms. The van der Waals surface area contributed by atoms with Gasteiger partial charge in [-0.25, -0.2) is 4.39 Å². The number of nitrogens with zero attached hydrogens (tertiary/aromatic N) is 3. The summed E-state index contributed by atoms with van der Waals surface area (Å²) in [5, 5.41) is 12.1. The van der Waals surface area contributed by atoms with E-state index >= 15 is 0 Å². The molecule has 0 saturated heterocycles. The number of hydrogen-bond acceptors (Lipinski definition) is 4. The van der Waals surface area contributed by atoms with Crippen LogP contribution in [0.25, 0.3) is 11.4 Å². The number of carbonyl (C=O) groups excluding carboxylic acids is 1. The number of thioether (sulfide) groups is 1. The Bertz CT molecular complexity index is 964. The molecule has 1 N–H and O–H groups in total. The first-order chi connectivity index (χ1) is 12.5. The number of halogens is 3. The van der Waals surface area contributed by atoms with Crippen LogP contribution in [0.15, 0.2) is 47.6 Å². The van der Waals surface area contributed by atoms with E-state index < -0.39 is 0 Å². The molecule has 1 aromatic heterocycles. The lowest BCUT2D eigenvalue weighted by molar-refractivity contribution is -0.113. The van der Waals surface area contributed by atoms with E-state index in [9.17, 15) is 9.18 Å². The van der Waals surface area contributed by atoms with Crippen LogP contribution in [-0.4, -0.2) is 26.4 Å². The van der Waals surface area contributed by atoms with Gasteiger partial charge < -0.3 is 9.88 Å². The van der Waals surface area contributed by atoms with Gasteiger partial charge in [0, 0.05) is 12.1 Å². The van der Waals surface area contributed by atoms with Gasteiger partial charge in [0.05, 0.1) is 22.0 Å². The van der Waals surface area contributed by atoms with Crippen LogP contribution < -0.4 is 5.32 Å². The molecule has 0 aliphatic heterocycles. The first kappa shape index (κ1) is 18.7. The van der Waals surface area contributed by atoms with Crippen molar-refractivity contribution in [3.63, 3.8) is 0 Å². The number of hydrogen-bond donors (Lipinski definition) is 1. The summed E-state index contributed by atoms with van der Waals surface area (Å²) in [6.45, 7) is 0. The van der Waals surface area contributed by atoms with Gasteiger partial charge in [-0.05, 0) is 30.3 Å². The summed E-state index contributed by atoms with van der Waals surface area (Å²) in [5.41, 5.74) is 0.791. The Morgan fingerprint density at radius 1 is 1.23 bits per heavy atom. The van der Waals surface area contributed by atoms with Gasteiger partial charge in [-0.3, -0.25) is 4.79 Å². The standard InChI is InChI=1S/C17H13Cl2FN4OS/c1-24-16(11-4-2-3-5-13(11)20)22-23-17(24)26-9-15(25)21-14-8-10(18)6-7-12(14)19/h2-8H,9H2,1H3,(H,21,25). The molecule has 0 fully saturated rings. The number of aromatic nitrogens is 3. The number of amides is 1. The summed E-state index contributed by atoms with van der Waals surface area (Å²) >= 11 is 13.1.